The smallest absolute Gasteiger partial charge is 0.223 e. The quantitative estimate of drug-likeness (QED) is 0.600. The predicted molar refractivity (Wildman–Crippen MR) is 39.1 cm³/mol. The Bertz CT molecular complexity index is 196. The zero-order valence-corrected chi connectivity index (χ0v) is 5.91. The van der Waals surface area contributed by atoms with Crippen molar-refractivity contribution in [2.45, 2.75) is 19.9 Å². The van der Waals surface area contributed by atoms with Crippen LogP contribution in [0, 0.1) is 0 Å². The van der Waals surface area contributed by atoms with E-state index in [4.69, 9.17) is 11.5 Å². The van der Waals surface area contributed by atoms with Crippen molar-refractivity contribution in [3.05, 3.63) is 0 Å². The summed E-state index contributed by atoms with van der Waals surface area (Å²) in [5, 5.41) is 7.20. The van der Waals surface area contributed by atoms with Crippen LogP contribution in [0.25, 0.3) is 0 Å². The molecule has 0 aromatic carbocycles. The molecule has 10 heavy (non-hydrogen) atoms. The first-order valence-corrected chi connectivity index (χ1v) is 3.20. The predicted octanol–water partition coefficient (Wildman–Crippen LogP) is -0.148. The van der Waals surface area contributed by atoms with Crippen LogP contribution in [0.15, 0.2) is 0 Å². The van der Waals surface area contributed by atoms with Crippen molar-refractivity contribution < 1.29 is 0 Å². The Hall–Kier alpha value is -1.26. The minimum Gasteiger partial charge on any atom is -0.368 e. The van der Waals surface area contributed by atoms with Gasteiger partial charge in [0.1, 0.15) is 0 Å². The van der Waals surface area contributed by atoms with Crippen molar-refractivity contribution in [2.24, 2.45) is 0 Å². The van der Waals surface area contributed by atoms with Gasteiger partial charge in [-0.1, -0.05) is 6.92 Å². The molecule has 0 aliphatic rings. The summed E-state index contributed by atoms with van der Waals surface area (Å²) in [6.45, 7) is 2.82. The van der Waals surface area contributed by atoms with Crippen LogP contribution in [-0.4, -0.2) is 14.8 Å². The molecule has 56 valence electrons. The van der Waals surface area contributed by atoms with Crippen LogP contribution in [0.5, 0.6) is 0 Å². The van der Waals surface area contributed by atoms with E-state index in [0.29, 0.717) is 11.9 Å². The summed E-state index contributed by atoms with van der Waals surface area (Å²) >= 11 is 0. The fourth-order valence-electron chi connectivity index (χ4n) is 0.780. The molecule has 0 atom stereocenters. The van der Waals surface area contributed by atoms with Gasteiger partial charge in [-0.15, -0.1) is 10.2 Å². The van der Waals surface area contributed by atoms with Crippen molar-refractivity contribution in [1.29, 1.82) is 0 Å². The van der Waals surface area contributed by atoms with Crippen LogP contribution in [-0.2, 0) is 6.54 Å². The summed E-state index contributed by atoms with van der Waals surface area (Å²) < 4.78 is 1.68. The van der Waals surface area contributed by atoms with Gasteiger partial charge in [0, 0.05) is 6.54 Å². The molecule has 1 rings (SSSR count). The largest absolute Gasteiger partial charge is 0.368 e. The summed E-state index contributed by atoms with van der Waals surface area (Å²) in [5.74, 6) is 0.777. The molecule has 0 fully saturated rings. The molecule has 1 heterocycles. The topological polar surface area (TPSA) is 82.8 Å². The average Bonchev–Trinajstić information content (AvgIpc) is 2.20. The molecule has 0 spiro atoms. The van der Waals surface area contributed by atoms with E-state index < -0.39 is 0 Å². The molecule has 1 aromatic heterocycles. The third kappa shape index (κ3) is 1.02. The van der Waals surface area contributed by atoms with E-state index in [9.17, 15) is 0 Å². The van der Waals surface area contributed by atoms with Gasteiger partial charge in [-0.25, -0.2) is 0 Å². The maximum Gasteiger partial charge on any atom is 0.223 e. The highest BCUT2D eigenvalue weighted by Crippen LogP contribution is 2.04. The van der Waals surface area contributed by atoms with Crippen LogP contribution in [0.3, 0.4) is 0 Å². The van der Waals surface area contributed by atoms with Gasteiger partial charge in [-0.3, -0.25) is 4.57 Å². The summed E-state index contributed by atoms with van der Waals surface area (Å²) in [6.07, 6.45) is 0.979. The number of nitrogens with two attached hydrogens (primary N) is 2. The van der Waals surface area contributed by atoms with Gasteiger partial charge in [-0.05, 0) is 6.42 Å². The fourth-order valence-corrected chi connectivity index (χ4v) is 0.780. The highest BCUT2D eigenvalue weighted by Gasteiger charge is 2.02. The van der Waals surface area contributed by atoms with Crippen LogP contribution >= 0.6 is 0 Å². The first-order chi connectivity index (χ1) is 4.75. The lowest BCUT2D eigenvalue weighted by Gasteiger charge is -2.00. The van der Waals surface area contributed by atoms with Crippen molar-refractivity contribution >= 4 is 11.9 Å². The van der Waals surface area contributed by atoms with Gasteiger partial charge < -0.3 is 11.5 Å². The molecular weight excluding hydrogens is 130 g/mol. The molecule has 4 N–H and O–H groups in total. The fraction of sp³-hybridized carbons (Fsp3) is 0.600. The number of aromatic nitrogens is 3. The van der Waals surface area contributed by atoms with Gasteiger partial charge in [0.25, 0.3) is 0 Å². The lowest BCUT2D eigenvalue weighted by atomic mass is 10.5. The molecule has 0 bridgehead atoms. The van der Waals surface area contributed by atoms with Gasteiger partial charge in [0.05, 0.1) is 0 Å². The molecule has 5 heteroatoms. The number of hydrogen-bond donors (Lipinski definition) is 2. The second kappa shape index (κ2) is 2.55. The highest BCUT2D eigenvalue weighted by molar-refractivity contribution is 5.28. The second-order valence-corrected chi connectivity index (χ2v) is 2.07. The number of nitrogens with zero attached hydrogens (tertiary/aromatic N) is 3. The Kier molecular flexibility index (Phi) is 1.75. The van der Waals surface area contributed by atoms with Gasteiger partial charge in [0.15, 0.2) is 0 Å². The van der Waals surface area contributed by atoms with Gasteiger partial charge >= 0.3 is 0 Å². The van der Waals surface area contributed by atoms with E-state index in [0.717, 1.165) is 13.0 Å². The molecule has 0 radical (unpaired) electrons. The number of nitrogen functional groups attached to an aromatic ring is 2. The second-order valence-electron chi connectivity index (χ2n) is 2.07. The third-order valence-electron chi connectivity index (χ3n) is 1.26. The van der Waals surface area contributed by atoms with Gasteiger partial charge in [-0.2, -0.15) is 0 Å². The van der Waals surface area contributed by atoms with E-state index in [2.05, 4.69) is 10.2 Å². The molecule has 1 aromatic rings. The van der Waals surface area contributed by atoms with E-state index in [1.54, 1.807) is 4.57 Å². The van der Waals surface area contributed by atoms with Crippen LogP contribution < -0.4 is 11.5 Å². The van der Waals surface area contributed by atoms with E-state index in [1.165, 1.54) is 0 Å². The molecule has 0 saturated carbocycles. The van der Waals surface area contributed by atoms with Gasteiger partial charge in [0.2, 0.25) is 11.9 Å². The Labute approximate surface area is 59.0 Å². The van der Waals surface area contributed by atoms with Crippen molar-refractivity contribution in [2.75, 3.05) is 11.5 Å². The van der Waals surface area contributed by atoms with Crippen molar-refractivity contribution in [1.82, 2.24) is 14.8 Å². The SMILES string of the molecule is CCCn1c(N)nnc1N. The summed E-state index contributed by atoms with van der Waals surface area (Å²) in [4.78, 5) is 0. The van der Waals surface area contributed by atoms with Crippen molar-refractivity contribution in [3.63, 3.8) is 0 Å². The lowest BCUT2D eigenvalue weighted by molar-refractivity contribution is 0.694. The molecule has 0 saturated heterocycles. The summed E-state index contributed by atoms with van der Waals surface area (Å²) in [6, 6.07) is 0. The van der Waals surface area contributed by atoms with Crippen molar-refractivity contribution in [3.8, 4) is 0 Å². The average molecular weight is 141 g/mol. The Balaban J connectivity index is 2.87. The maximum atomic E-state index is 5.44. The minimum absolute atomic E-state index is 0.388. The maximum absolute atomic E-state index is 5.44. The Morgan fingerprint density at radius 3 is 2.20 bits per heavy atom. The molecule has 5 nitrogen and oxygen atoms in total. The molecule has 0 aliphatic carbocycles. The number of rotatable bonds is 2. The molecular formula is C5H11N5. The van der Waals surface area contributed by atoms with Crippen LogP contribution in [0.1, 0.15) is 13.3 Å². The summed E-state index contributed by atoms with van der Waals surface area (Å²) in [7, 11) is 0. The van der Waals surface area contributed by atoms with E-state index in [-0.39, 0.29) is 0 Å². The molecule has 0 aliphatic heterocycles. The molecule has 0 amide bonds. The first-order valence-electron chi connectivity index (χ1n) is 3.20. The monoisotopic (exact) mass is 141 g/mol. The normalized spacial score (nSPS) is 10.1. The third-order valence-corrected chi connectivity index (χ3v) is 1.26. The zero-order chi connectivity index (χ0) is 7.56. The Morgan fingerprint density at radius 2 is 1.80 bits per heavy atom. The summed E-state index contributed by atoms with van der Waals surface area (Å²) in [5.41, 5.74) is 10.9. The number of hydrogen-bond acceptors (Lipinski definition) is 4. The molecule has 0 unspecified atom stereocenters. The lowest BCUT2D eigenvalue weighted by Crippen LogP contribution is -2.06. The van der Waals surface area contributed by atoms with Crippen LogP contribution in [0.2, 0.25) is 0 Å². The van der Waals surface area contributed by atoms with Crippen LogP contribution in [0.4, 0.5) is 11.9 Å². The highest BCUT2D eigenvalue weighted by atomic mass is 15.4. The standard InChI is InChI=1S/C5H11N5/c1-2-3-10-4(6)8-9-5(10)7/h2-3H2,1H3,(H2,6,8)(H2,7,9). The Morgan fingerprint density at radius 1 is 1.30 bits per heavy atom. The first kappa shape index (κ1) is 6.85. The number of anilines is 2. The van der Waals surface area contributed by atoms with E-state index in [1.807, 2.05) is 6.92 Å². The van der Waals surface area contributed by atoms with E-state index >= 15 is 0 Å². The minimum atomic E-state index is 0.388. The zero-order valence-electron chi connectivity index (χ0n) is 5.91.